The molecule has 0 fully saturated rings. The Hall–Kier alpha value is -3.03. The molecule has 0 unspecified atom stereocenters. The quantitative estimate of drug-likeness (QED) is 0.421. The topological polar surface area (TPSA) is 118 Å². The maximum Gasteiger partial charge on any atom is 0.294 e. The molecule has 0 aromatic heterocycles. The van der Waals surface area contributed by atoms with E-state index in [0.29, 0.717) is 5.69 Å². The lowest BCUT2D eigenvalue weighted by molar-refractivity contribution is 0.483. The standard InChI is InChI=1S/C12H12N2.C6H7NO3S/c13-10-6-8-12(9-7-10)14-11-4-2-1-3-5-11;7-5-2-1-3-6(4-5)11(8,9)10/h1-9,14H,13H2;1-4H,7H2,(H,8,9,10). The summed E-state index contributed by atoms with van der Waals surface area (Å²) in [5.41, 5.74) is 14.1. The van der Waals surface area contributed by atoms with Crippen molar-refractivity contribution in [1.29, 1.82) is 0 Å². The van der Waals surface area contributed by atoms with Gasteiger partial charge in [-0.15, -0.1) is 0 Å². The molecule has 3 aromatic rings. The van der Waals surface area contributed by atoms with E-state index in [2.05, 4.69) is 5.32 Å². The van der Waals surface area contributed by atoms with E-state index in [4.69, 9.17) is 16.0 Å². The van der Waals surface area contributed by atoms with Gasteiger partial charge in [-0.1, -0.05) is 24.3 Å². The number of rotatable bonds is 3. The number of nitrogen functional groups attached to an aromatic ring is 2. The third kappa shape index (κ3) is 6.17. The Labute approximate surface area is 146 Å². The third-order valence-corrected chi connectivity index (χ3v) is 3.98. The largest absolute Gasteiger partial charge is 0.399 e. The van der Waals surface area contributed by atoms with E-state index in [9.17, 15) is 8.42 Å². The summed E-state index contributed by atoms with van der Waals surface area (Å²) < 4.78 is 29.5. The van der Waals surface area contributed by atoms with E-state index >= 15 is 0 Å². The molecule has 6 N–H and O–H groups in total. The molecule has 6 nitrogen and oxygen atoms in total. The lowest BCUT2D eigenvalue weighted by Crippen LogP contribution is -1.98. The maximum atomic E-state index is 10.5. The molecule has 0 saturated carbocycles. The van der Waals surface area contributed by atoms with Gasteiger partial charge in [-0.25, -0.2) is 0 Å². The molecule has 7 heteroatoms. The molecular weight excluding hydrogens is 338 g/mol. The Morgan fingerprint density at radius 1 is 0.720 bits per heavy atom. The van der Waals surface area contributed by atoms with Crippen LogP contribution in [-0.2, 0) is 10.1 Å². The Morgan fingerprint density at radius 3 is 1.84 bits per heavy atom. The molecule has 0 aliphatic carbocycles. The molecular formula is C18H19N3O3S. The molecule has 0 bridgehead atoms. The van der Waals surface area contributed by atoms with Crippen LogP contribution in [0.25, 0.3) is 0 Å². The zero-order chi connectivity index (χ0) is 18.3. The number of nitrogens with two attached hydrogens (primary N) is 2. The average molecular weight is 357 g/mol. The first-order valence-electron chi connectivity index (χ1n) is 7.35. The first-order chi connectivity index (χ1) is 11.8. The van der Waals surface area contributed by atoms with Crippen molar-refractivity contribution < 1.29 is 13.0 Å². The summed E-state index contributed by atoms with van der Waals surface area (Å²) >= 11 is 0. The molecule has 0 spiro atoms. The summed E-state index contributed by atoms with van der Waals surface area (Å²) in [6.07, 6.45) is 0. The first-order valence-corrected chi connectivity index (χ1v) is 8.79. The second-order valence-corrected chi connectivity index (χ2v) is 6.58. The summed E-state index contributed by atoms with van der Waals surface area (Å²) in [7, 11) is -4.11. The summed E-state index contributed by atoms with van der Waals surface area (Å²) in [5.74, 6) is 0. The minimum atomic E-state index is -4.11. The SMILES string of the molecule is Nc1ccc(Nc2ccccc2)cc1.Nc1cccc(S(=O)(=O)O)c1. The Kier molecular flexibility index (Phi) is 5.99. The number of hydrogen-bond donors (Lipinski definition) is 4. The third-order valence-electron chi connectivity index (χ3n) is 3.13. The van der Waals surface area contributed by atoms with E-state index in [1.54, 1.807) is 0 Å². The van der Waals surface area contributed by atoms with E-state index < -0.39 is 10.1 Å². The fourth-order valence-electron chi connectivity index (χ4n) is 1.93. The highest BCUT2D eigenvalue weighted by Crippen LogP contribution is 2.16. The lowest BCUT2D eigenvalue weighted by atomic mass is 10.2. The zero-order valence-electron chi connectivity index (χ0n) is 13.3. The molecule has 3 aromatic carbocycles. The van der Waals surface area contributed by atoms with Crippen LogP contribution in [0.2, 0.25) is 0 Å². The van der Waals surface area contributed by atoms with Gasteiger partial charge >= 0.3 is 0 Å². The van der Waals surface area contributed by atoms with Gasteiger partial charge in [0.2, 0.25) is 0 Å². The van der Waals surface area contributed by atoms with Gasteiger partial charge in [0, 0.05) is 22.7 Å². The molecule has 0 atom stereocenters. The van der Waals surface area contributed by atoms with Gasteiger partial charge in [0.1, 0.15) is 0 Å². The average Bonchev–Trinajstić information content (AvgIpc) is 2.58. The number of anilines is 4. The molecule has 0 heterocycles. The van der Waals surface area contributed by atoms with Crippen LogP contribution in [0.15, 0.2) is 83.8 Å². The number of hydrogen-bond acceptors (Lipinski definition) is 5. The number of nitrogens with one attached hydrogen (secondary N) is 1. The van der Waals surface area contributed by atoms with Gasteiger partial charge in [-0.2, -0.15) is 8.42 Å². The molecule has 0 saturated heterocycles. The minimum absolute atomic E-state index is 0.183. The number of para-hydroxylation sites is 1. The van der Waals surface area contributed by atoms with Crippen molar-refractivity contribution in [3.63, 3.8) is 0 Å². The van der Waals surface area contributed by atoms with E-state index in [1.165, 1.54) is 24.3 Å². The normalized spacial score (nSPS) is 10.4. The lowest BCUT2D eigenvalue weighted by Gasteiger charge is -2.05. The summed E-state index contributed by atoms with van der Waals surface area (Å²) in [4.78, 5) is -0.183. The van der Waals surface area contributed by atoms with Gasteiger partial charge in [-0.3, -0.25) is 4.55 Å². The van der Waals surface area contributed by atoms with Crippen molar-refractivity contribution in [3.05, 3.63) is 78.9 Å². The fourth-order valence-corrected chi connectivity index (χ4v) is 2.47. The fraction of sp³-hybridized carbons (Fsp3) is 0. The molecule has 25 heavy (non-hydrogen) atoms. The first kappa shape index (κ1) is 18.3. The van der Waals surface area contributed by atoms with Crippen LogP contribution in [0.5, 0.6) is 0 Å². The van der Waals surface area contributed by atoms with E-state index in [0.717, 1.165) is 17.1 Å². The molecule has 0 aliphatic rings. The Morgan fingerprint density at radius 2 is 1.32 bits per heavy atom. The van der Waals surface area contributed by atoms with Gasteiger partial charge in [0.05, 0.1) is 4.90 Å². The van der Waals surface area contributed by atoms with Crippen LogP contribution >= 0.6 is 0 Å². The van der Waals surface area contributed by atoms with Crippen molar-refractivity contribution >= 4 is 32.9 Å². The van der Waals surface area contributed by atoms with Crippen LogP contribution in [0, 0.1) is 0 Å². The van der Waals surface area contributed by atoms with Crippen molar-refractivity contribution in [1.82, 2.24) is 0 Å². The van der Waals surface area contributed by atoms with Gasteiger partial charge in [0.25, 0.3) is 10.1 Å². The van der Waals surface area contributed by atoms with E-state index in [-0.39, 0.29) is 4.90 Å². The molecule has 0 aliphatic heterocycles. The minimum Gasteiger partial charge on any atom is -0.399 e. The second-order valence-electron chi connectivity index (χ2n) is 5.16. The highest BCUT2D eigenvalue weighted by Gasteiger charge is 2.07. The Bertz CT molecular complexity index is 912. The molecule has 3 rings (SSSR count). The maximum absolute atomic E-state index is 10.5. The van der Waals surface area contributed by atoms with Crippen molar-refractivity contribution in [2.75, 3.05) is 16.8 Å². The van der Waals surface area contributed by atoms with Crippen molar-refractivity contribution in [2.24, 2.45) is 0 Å². The van der Waals surface area contributed by atoms with Crippen molar-refractivity contribution in [3.8, 4) is 0 Å². The predicted molar refractivity (Wildman–Crippen MR) is 101 cm³/mol. The highest BCUT2D eigenvalue weighted by atomic mass is 32.2. The summed E-state index contributed by atoms with van der Waals surface area (Å²) in [6.45, 7) is 0. The number of benzene rings is 3. The van der Waals surface area contributed by atoms with Crippen molar-refractivity contribution in [2.45, 2.75) is 4.90 Å². The van der Waals surface area contributed by atoms with Crippen LogP contribution in [-0.4, -0.2) is 13.0 Å². The highest BCUT2D eigenvalue weighted by molar-refractivity contribution is 7.85. The molecule has 0 radical (unpaired) electrons. The van der Waals surface area contributed by atoms with Gasteiger partial charge < -0.3 is 16.8 Å². The summed E-state index contributed by atoms with van der Waals surface area (Å²) in [6, 6.07) is 23.2. The predicted octanol–water partition coefficient (Wildman–Crippen LogP) is 3.53. The summed E-state index contributed by atoms with van der Waals surface area (Å²) in [5, 5.41) is 3.28. The van der Waals surface area contributed by atoms with Gasteiger partial charge in [-0.05, 0) is 54.6 Å². The second kappa shape index (κ2) is 8.18. The smallest absolute Gasteiger partial charge is 0.294 e. The Balaban J connectivity index is 0.000000186. The van der Waals surface area contributed by atoms with Crippen LogP contribution in [0.3, 0.4) is 0 Å². The zero-order valence-corrected chi connectivity index (χ0v) is 14.1. The molecule has 0 amide bonds. The molecule has 130 valence electrons. The van der Waals surface area contributed by atoms with Crippen LogP contribution in [0.4, 0.5) is 22.7 Å². The van der Waals surface area contributed by atoms with Gasteiger partial charge in [0.15, 0.2) is 0 Å². The van der Waals surface area contributed by atoms with E-state index in [1.807, 2.05) is 54.6 Å². The monoisotopic (exact) mass is 357 g/mol. The van der Waals surface area contributed by atoms with Crippen LogP contribution < -0.4 is 16.8 Å². The van der Waals surface area contributed by atoms with Crippen LogP contribution in [0.1, 0.15) is 0 Å².